The van der Waals surface area contributed by atoms with Gasteiger partial charge in [0.2, 0.25) is 5.91 Å². The number of imidazole rings is 1. The summed E-state index contributed by atoms with van der Waals surface area (Å²) in [7, 11) is 0. The lowest BCUT2D eigenvalue weighted by Crippen LogP contribution is -2.32. The highest BCUT2D eigenvalue weighted by Gasteiger charge is 2.34. The zero-order valence-electron chi connectivity index (χ0n) is 21.3. The number of carbonyl (C=O) groups excluding carboxylic acids is 1. The van der Waals surface area contributed by atoms with Crippen molar-refractivity contribution in [2.45, 2.75) is 45.9 Å². The van der Waals surface area contributed by atoms with Gasteiger partial charge in [0.05, 0.1) is 16.3 Å². The second-order valence-corrected chi connectivity index (χ2v) is 9.44. The molecule has 1 amide bonds. The summed E-state index contributed by atoms with van der Waals surface area (Å²) < 4.78 is 36.2. The molecule has 0 saturated carbocycles. The van der Waals surface area contributed by atoms with Crippen LogP contribution in [0.3, 0.4) is 0 Å². The lowest BCUT2D eigenvalue weighted by atomic mass is 10.1. The first-order chi connectivity index (χ1) is 18.3. The van der Waals surface area contributed by atoms with Crippen molar-refractivity contribution in [2.75, 3.05) is 6.54 Å². The molecule has 2 aliphatic heterocycles. The van der Waals surface area contributed by atoms with Crippen LogP contribution in [0.1, 0.15) is 51.1 Å². The number of nitrogens with zero attached hydrogens (tertiary/aromatic N) is 7. The van der Waals surface area contributed by atoms with Crippen LogP contribution in [0, 0.1) is 5.92 Å². The molecule has 1 aromatic carbocycles. The molecule has 38 heavy (non-hydrogen) atoms. The lowest BCUT2D eigenvalue weighted by molar-refractivity contribution is -0.480. The number of alkyl halides is 2. The minimum Gasteiger partial charge on any atom is -0.482 e. The number of hydrogen-bond donors (Lipinski definition) is 0. The standard InChI is InChI=1S/C27H28F2N7O2/c1-5-24(37)34-13-19(10-16(34)2)14-36-17(3)25(32-33-36)20-11-22-26(35(15-31-22)27(28)29)23(12-20)38-18(4)21-8-6-7-9-30-21/h5-9,11-12,14-16,18-19,27H,1,10,13H2,2-4H3/q+1/b36-14-/t16-,18-,19?/m1/s1. The number of hydrogen-bond acceptors (Lipinski definition) is 6. The molecule has 0 bridgehead atoms. The fourth-order valence-corrected chi connectivity index (χ4v) is 4.93. The molecule has 5 rings (SSSR count). The monoisotopic (exact) mass is 520 g/mol. The molecule has 0 aliphatic carbocycles. The first-order valence-corrected chi connectivity index (χ1v) is 12.3. The van der Waals surface area contributed by atoms with Crippen molar-refractivity contribution in [1.29, 1.82) is 0 Å². The smallest absolute Gasteiger partial charge is 0.320 e. The number of fused-ring (bicyclic) bond motifs is 1. The van der Waals surface area contributed by atoms with Crippen molar-refractivity contribution < 1.29 is 23.0 Å². The van der Waals surface area contributed by atoms with Crippen LogP contribution in [-0.2, 0) is 4.79 Å². The predicted molar refractivity (Wildman–Crippen MR) is 138 cm³/mol. The molecule has 1 saturated heterocycles. The lowest BCUT2D eigenvalue weighted by Gasteiger charge is -2.18. The summed E-state index contributed by atoms with van der Waals surface area (Å²) in [4.78, 5) is 22.4. The third-order valence-corrected chi connectivity index (χ3v) is 6.87. The van der Waals surface area contributed by atoms with Crippen LogP contribution in [0.5, 0.6) is 5.75 Å². The number of aromatic nitrogens is 3. The van der Waals surface area contributed by atoms with Crippen LogP contribution in [-0.4, -0.2) is 48.8 Å². The number of rotatable bonds is 7. The van der Waals surface area contributed by atoms with E-state index < -0.39 is 12.7 Å². The van der Waals surface area contributed by atoms with Gasteiger partial charge in [-0.2, -0.15) is 8.78 Å². The third-order valence-electron chi connectivity index (χ3n) is 6.87. The summed E-state index contributed by atoms with van der Waals surface area (Å²) in [5.74, 6) is 0.257. The summed E-state index contributed by atoms with van der Waals surface area (Å²) in [6.45, 7) is 7.08. The Morgan fingerprint density at radius 1 is 1.29 bits per heavy atom. The van der Waals surface area contributed by atoms with E-state index in [0.717, 1.165) is 23.0 Å². The van der Waals surface area contributed by atoms with Crippen LogP contribution in [0.2, 0.25) is 0 Å². The van der Waals surface area contributed by atoms with Gasteiger partial charge in [0.25, 0.3) is 5.70 Å². The average Bonchev–Trinajstić information content (AvgIpc) is 3.61. The van der Waals surface area contributed by atoms with Gasteiger partial charge in [0.1, 0.15) is 35.1 Å². The van der Waals surface area contributed by atoms with E-state index in [1.54, 1.807) is 34.0 Å². The summed E-state index contributed by atoms with van der Waals surface area (Å²) in [5, 5.41) is 8.69. The Labute approximate surface area is 218 Å². The van der Waals surface area contributed by atoms with E-state index in [2.05, 4.69) is 26.9 Å². The number of benzene rings is 1. The Hall–Kier alpha value is -4.28. The van der Waals surface area contributed by atoms with Crippen molar-refractivity contribution in [3.05, 3.63) is 72.5 Å². The van der Waals surface area contributed by atoms with E-state index in [-0.39, 0.29) is 29.1 Å². The molecule has 0 radical (unpaired) electrons. The van der Waals surface area contributed by atoms with Crippen molar-refractivity contribution in [3.8, 4) is 5.75 Å². The summed E-state index contributed by atoms with van der Waals surface area (Å²) in [6, 6.07) is 8.94. The van der Waals surface area contributed by atoms with Gasteiger partial charge in [-0.25, -0.2) is 4.98 Å². The number of carbonyl (C=O) groups is 1. The zero-order valence-corrected chi connectivity index (χ0v) is 21.3. The molecule has 2 aromatic heterocycles. The maximum Gasteiger partial charge on any atom is 0.320 e. The normalized spacial score (nSPS) is 21.2. The van der Waals surface area contributed by atoms with Crippen LogP contribution in [0.15, 0.2) is 71.5 Å². The van der Waals surface area contributed by atoms with E-state index in [4.69, 9.17) is 4.74 Å². The molecule has 1 fully saturated rings. The van der Waals surface area contributed by atoms with E-state index in [1.165, 1.54) is 6.08 Å². The molecule has 0 N–H and O–H groups in total. The quantitative estimate of drug-likeness (QED) is 0.302. The minimum atomic E-state index is -2.78. The van der Waals surface area contributed by atoms with Crippen LogP contribution in [0.4, 0.5) is 8.78 Å². The van der Waals surface area contributed by atoms with E-state index in [0.29, 0.717) is 29.0 Å². The summed E-state index contributed by atoms with van der Waals surface area (Å²) in [5.41, 5.74) is 3.20. The Morgan fingerprint density at radius 3 is 2.82 bits per heavy atom. The number of allylic oxidation sites excluding steroid dienone is 1. The van der Waals surface area contributed by atoms with Gasteiger partial charge in [-0.3, -0.25) is 14.3 Å². The highest BCUT2D eigenvalue weighted by Crippen LogP contribution is 2.37. The van der Waals surface area contributed by atoms with Crippen molar-refractivity contribution in [1.82, 2.24) is 19.4 Å². The molecule has 9 nitrogen and oxygen atoms in total. The summed E-state index contributed by atoms with van der Waals surface area (Å²) >= 11 is 0. The molecule has 11 heteroatoms. The Bertz CT molecular complexity index is 1480. The maximum absolute atomic E-state index is 13.8. The third kappa shape index (κ3) is 4.71. The second kappa shape index (κ2) is 10.2. The highest BCUT2D eigenvalue weighted by molar-refractivity contribution is 5.88. The first kappa shape index (κ1) is 25.4. The van der Waals surface area contributed by atoms with Crippen LogP contribution >= 0.6 is 0 Å². The number of halogens is 2. The number of likely N-dealkylation sites (tertiary alicyclic amines) is 1. The zero-order chi connectivity index (χ0) is 27.0. The minimum absolute atomic E-state index is 0.0894. The van der Waals surface area contributed by atoms with Gasteiger partial charge in [-0.15, -0.1) is 4.68 Å². The Balaban J connectivity index is 1.50. The molecule has 3 atom stereocenters. The molecule has 0 spiro atoms. The second-order valence-electron chi connectivity index (χ2n) is 9.44. The van der Waals surface area contributed by atoms with Crippen molar-refractivity contribution in [3.63, 3.8) is 0 Å². The predicted octanol–water partition coefficient (Wildman–Crippen LogP) is 5.54. The van der Waals surface area contributed by atoms with Crippen molar-refractivity contribution in [2.24, 2.45) is 16.3 Å². The molecular weight excluding hydrogens is 492 g/mol. The fourth-order valence-electron chi connectivity index (χ4n) is 4.93. The van der Waals surface area contributed by atoms with Gasteiger partial charge >= 0.3 is 6.55 Å². The largest absolute Gasteiger partial charge is 0.482 e. The van der Waals surface area contributed by atoms with E-state index in [1.807, 2.05) is 39.1 Å². The van der Waals surface area contributed by atoms with E-state index >= 15 is 0 Å². The molecule has 196 valence electrons. The first-order valence-electron chi connectivity index (χ1n) is 12.3. The van der Waals surface area contributed by atoms with Crippen LogP contribution in [0.25, 0.3) is 16.7 Å². The fraction of sp³-hybridized carbons (Fsp3) is 0.333. The SMILES string of the molecule is C=CC(=O)N1CC(/C=[N+]2\N=NC(c3cc(O[C@H](C)c4ccccn4)c4c(c3)ncn4C(F)F)=C2C)C[C@H]1C. The Morgan fingerprint density at radius 2 is 2.11 bits per heavy atom. The van der Waals surface area contributed by atoms with Gasteiger partial charge < -0.3 is 9.64 Å². The number of pyridine rings is 1. The molecule has 4 heterocycles. The van der Waals surface area contributed by atoms with E-state index in [9.17, 15) is 13.6 Å². The van der Waals surface area contributed by atoms with Gasteiger partial charge in [0, 0.05) is 37.2 Å². The van der Waals surface area contributed by atoms with Crippen molar-refractivity contribution >= 4 is 28.9 Å². The molecule has 3 aromatic rings. The summed E-state index contributed by atoms with van der Waals surface area (Å²) in [6.07, 6.45) is 6.36. The van der Waals surface area contributed by atoms with Gasteiger partial charge in [0.15, 0.2) is 5.70 Å². The molecule has 2 aliphatic rings. The molecule has 1 unspecified atom stereocenters. The number of amides is 1. The average molecular weight is 521 g/mol. The van der Waals surface area contributed by atoms with Gasteiger partial charge in [-0.05, 0) is 50.6 Å². The molecular formula is C27H28F2N7O2+. The number of ether oxygens (including phenoxy) is 1. The Kier molecular flexibility index (Phi) is 6.83. The topological polar surface area (TPSA) is 88.0 Å². The maximum atomic E-state index is 13.8. The highest BCUT2D eigenvalue weighted by atomic mass is 19.3. The van der Waals surface area contributed by atoms with Gasteiger partial charge in [-0.1, -0.05) is 12.6 Å². The van der Waals surface area contributed by atoms with Crippen LogP contribution < -0.4 is 4.74 Å².